The van der Waals surface area contributed by atoms with Crippen molar-refractivity contribution in [2.75, 3.05) is 11.9 Å². The molecule has 3 aromatic rings. The number of aryl methyl sites for hydroxylation is 2. The zero-order valence-corrected chi connectivity index (χ0v) is 15.8. The molecule has 1 N–H and O–H groups in total. The third-order valence-corrected chi connectivity index (χ3v) is 3.71. The van der Waals surface area contributed by atoms with Crippen molar-refractivity contribution in [3.63, 3.8) is 0 Å². The second-order valence-electron chi connectivity index (χ2n) is 6.12. The van der Waals surface area contributed by atoms with Crippen LogP contribution in [-0.4, -0.2) is 27.4 Å². The summed E-state index contributed by atoms with van der Waals surface area (Å²) in [6.45, 7) is 3.31. The van der Waals surface area contributed by atoms with Gasteiger partial charge in [-0.25, -0.2) is 9.97 Å². The first kappa shape index (κ1) is 19.7. The number of aromatic nitrogens is 2. The minimum absolute atomic E-state index is 0.0247. The summed E-state index contributed by atoms with van der Waals surface area (Å²) in [7, 11) is 0. The minimum atomic E-state index is -0.566. The van der Waals surface area contributed by atoms with E-state index in [1.54, 1.807) is 30.3 Å². The standard InChI is InChI=1S/C20H18N4O5/c1-13-10-14(2)22-20(21-13)29-16-7-5-6-15(11-16)23-19(25)12-28-18-9-4-3-8-17(18)24(26)27/h3-11H,12H2,1-2H3,(H,23,25). The Morgan fingerprint density at radius 3 is 2.52 bits per heavy atom. The van der Waals surface area contributed by atoms with E-state index in [2.05, 4.69) is 15.3 Å². The molecule has 0 aliphatic rings. The first-order valence-corrected chi connectivity index (χ1v) is 8.67. The van der Waals surface area contributed by atoms with Gasteiger partial charge in [-0.05, 0) is 38.1 Å². The van der Waals surface area contributed by atoms with Crippen molar-refractivity contribution in [1.29, 1.82) is 0 Å². The maximum absolute atomic E-state index is 12.2. The number of hydrogen-bond acceptors (Lipinski definition) is 7. The Morgan fingerprint density at radius 1 is 1.07 bits per heavy atom. The molecule has 1 aromatic heterocycles. The molecule has 0 aliphatic carbocycles. The average Bonchev–Trinajstić information content (AvgIpc) is 2.66. The van der Waals surface area contributed by atoms with E-state index >= 15 is 0 Å². The second-order valence-corrected chi connectivity index (χ2v) is 6.12. The van der Waals surface area contributed by atoms with Crippen molar-refractivity contribution in [3.8, 4) is 17.5 Å². The number of para-hydroxylation sites is 2. The number of rotatable bonds is 7. The predicted molar refractivity (Wildman–Crippen MR) is 105 cm³/mol. The van der Waals surface area contributed by atoms with E-state index in [-0.39, 0.29) is 24.1 Å². The van der Waals surface area contributed by atoms with Gasteiger partial charge in [0.1, 0.15) is 5.75 Å². The molecular weight excluding hydrogens is 376 g/mol. The van der Waals surface area contributed by atoms with E-state index < -0.39 is 10.8 Å². The molecule has 0 bridgehead atoms. The van der Waals surface area contributed by atoms with Gasteiger partial charge in [-0.2, -0.15) is 0 Å². The van der Waals surface area contributed by atoms with Crippen LogP contribution in [0.3, 0.4) is 0 Å². The molecule has 3 rings (SSSR count). The Kier molecular flexibility index (Phi) is 5.98. The molecule has 9 heteroatoms. The molecule has 9 nitrogen and oxygen atoms in total. The van der Waals surface area contributed by atoms with Gasteiger partial charge >= 0.3 is 11.7 Å². The first-order valence-electron chi connectivity index (χ1n) is 8.67. The normalized spacial score (nSPS) is 10.3. The van der Waals surface area contributed by atoms with E-state index in [1.807, 2.05) is 19.9 Å². The summed E-state index contributed by atoms with van der Waals surface area (Å²) in [5, 5.41) is 13.6. The van der Waals surface area contributed by atoms with Crippen molar-refractivity contribution in [2.45, 2.75) is 13.8 Å². The maximum Gasteiger partial charge on any atom is 0.322 e. The fourth-order valence-corrected chi connectivity index (χ4v) is 2.55. The lowest BCUT2D eigenvalue weighted by Crippen LogP contribution is -2.20. The van der Waals surface area contributed by atoms with Gasteiger partial charge in [0.2, 0.25) is 0 Å². The highest BCUT2D eigenvalue weighted by Crippen LogP contribution is 2.26. The van der Waals surface area contributed by atoms with Crippen LogP contribution < -0.4 is 14.8 Å². The molecule has 29 heavy (non-hydrogen) atoms. The Bertz CT molecular complexity index is 1030. The molecule has 0 atom stereocenters. The number of nitro groups is 1. The summed E-state index contributed by atoms with van der Waals surface area (Å²) in [5.41, 5.74) is 1.83. The van der Waals surface area contributed by atoms with Crippen LogP contribution in [0, 0.1) is 24.0 Å². The molecule has 0 saturated heterocycles. The zero-order chi connectivity index (χ0) is 20.8. The third kappa shape index (κ3) is 5.48. The van der Waals surface area contributed by atoms with Crippen LogP contribution >= 0.6 is 0 Å². The number of benzene rings is 2. The van der Waals surface area contributed by atoms with Gasteiger partial charge in [-0.3, -0.25) is 14.9 Å². The molecular formula is C20H18N4O5. The monoisotopic (exact) mass is 394 g/mol. The number of nitro benzene ring substituents is 1. The van der Waals surface area contributed by atoms with E-state index in [0.717, 1.165) is 11.4 Å². The number of carbonyl (C=O) groups excluding carboxylic acids is 1. The molecule has 0 aliphatic heterocycles. The zero-order valence-electron chi connectivity index (χ0n) is 15.8. The topological polar surface area (TPSA) is 116 Å². The van der Waals surface area contributed by atoms with Gasteiger partial charge in [-0.15, -0.1) is 0 Å². The van der Waals surface area contributed by atoms with Crippen LogP contribution in [0.4, 0.5) is 11.4 Å². The molecule has 0 fully saturated rings. The van der Waals surface area contributed by atoms with Crippen molar-refractivity contribution >= 4 is 17.3 Å². The van der Waals surface area contributed by atoms with Crippen molar-refractivity contribution < 1.29 is 19.2 Å². The quantitative estimate of drug-likeness (QED) is 0.478. The number of amides is 1. The average molecular weight is 394 g/mol. The van der Waals surface area contributed by atoms with Crippen molar-refractivity contribution in [1.82, 2.24) is 9.97 Å². The summed E-state index contributed by atoms with van der Waals surface area (Å²) in [5.74, 6) is 0.00654. The van der Waals surface area contributed by atoms with Crippen LogP contribution in [0.15, 0.2) is 54.6 Å². The SMILES string of the molecule is Cc1cc(C)nc(Oc2cccc(NC(=O)COc3ccccc3[N+](=O)[O-])c2)n1. The molecule has 0 saturated carbocycles. The van der Waals surface area contributed by atoms with Crippen LogP contribution in [-0.2, 0) is 4.79 Å². The summed E-state index contributed by atoms with van der Waals surface area (Å²) in [6, 6.07) is 14.6. The number of nitrogens with one attached hydrogen (secondary N) is 1. The predicted octanol–water partition coefficient (Wildman–Crippen LogP) is 3.81. The molecule has 0 radical (unpaired) electrons. The Morgan fingerprint density at radius 2 is 1.79 bits per heavy atom. The van der Waals surface area contributed by atoms with Gasteiger partial charge < -0.3 is 14.8 Å². The van der Waals surface area contributed by atoms with Crippen LogP contribution in [0.2, 0.25) is 0 Å². The summed E-state index contributed by atoms with van der Waals surface area (Å²) in [6.07, 6.45) is 0. The van der Waals surface area contributed by atoms with Crippen LogP contribution in [0.25, 0.3) is 0 Å². The van der Waals surface area contributed by atoms with E-state index in [4.69, 9.17) is 9.47 Å². The first-order chi connectivity index (χ1) is 13.9. The number of ether oxygens (including phenoxy) is 2. The lowest BCUT2D eigenvalue weighted by Gasteiger charge is -2.10. The Labute approximate surface area is 166 Å². The Hall–Kier alpha value is -4.01. The van der Waals surface area contributed by atoms with Gasteiger partial charge in [0, 0.05) is 29.2 Å². The fraction of sp³-hybridized carbons (Fsp3) is 0.150. The fourth-order valence-electron chi connectivity index (χ4n) is 2.55. The molecule has 0 spiro atoms. The largest absolute Gasteiger partial charge is 0.477 e. The highest BCUT2D eigenvalue weighted by molar-refractivity contribution is 5.92. The van der Waals surface area contributed by atoms with E-state index in [0.29, 0.717) is 11.4 Å². The highest BCUT2D eigenvalue weighted by Gasteiger charge is 2.15. The number of carbonyl (C=O) groups is 1. The summed E-state index contributed by atoms with van der Waals surface area (Å²) < 4.78 is 10.9. The summed E-state index contributed by atoms with van der Waals surface area (Å²) in [4.78, 5) is 31.0. The summed E-state index contributed by atoms with van der Waals surface area (Å²) >= 11 is 0. The van der Waals surface area contributed by atoms with E-state index in [1.165, 1.54) is 18.2 Å². The third-order valence-electron chi connectivity index (χ3n) is 3.71. The minimum Gasteiger partial charge on any atom is -0.477 e. The molecule has 2 aromatic carbocycles. The van der Waals surface area contributed by atoms with Crippen LogP contribution in [0.5, 0.6) is 17.5 Å². The van der Waals surface area contributed by atoms with Gasteiger partial charge in [0.25, 0.3) is 5.91 Å². The van der Waals surface area contributed by atoms with E-state index in [9.17, 15) is 14.9 Å². The Balaban J connectivity index is 1.63. The van der Waals surface area contributed by atoms with Crippen molar-refractivity contribution in [2.24, 2.45) is 0 Å². The molecule has 148 valence electrons. The molecule has 1 amide bonds. The van der Waals surface area contributed by atoms with Gasteiger partial charge in [0.15, 0.2) is 12.4 Å². The van der Waals surface area contributed by atoms with Gasteiger partial charge in [0.05, 0.1) is 4.92 Å². The number of nitrogens with zero attached hydrogens (tertiary/aromatic N) is 3. The number of hydrogen-bond donors (Lipinski definition) is 1. The lowest BCUT2D eigenvalue weighted by molar-refractivity contribution is -0.385. The second kappa shape index (κ2) is 8.79. The molecule has 0 unspecified atom stereocenters. The van der Waals surface area contributed by atoms with Gasteiger partial charge in [-0.1, -0.05) is 18.2 Å². The number of anilines is 1. The molecule has 1 heterocycles. The van der Waals surface area contributed by atoms with Crippen molar-refractivity contribution in [3.05, 3.63) is 76.1 Å². The maximum atomic E-state index is 12.2. The lowest BCUT2D eigenvalue weighted by atomic mass is 10.3. The highest BCUT2D eigenvalue weighted by atomic mass is 16.6. The van der Waals surface area contributed by atoms with Crippen LogP contribution in [0.1, 0.15) is 11.4 Å². The smallest absolute Gasteiger partial charge is 0.322 e.